The van der Waals surface area contributed by atoms with Gasteiger partial charge in [-0.05, 0) is 31.7 Å². The fourth-order valence-electron chi connectivity index (χ4n) is 2.33. The molecule has 0 atom stereocenters. The van der Waals surface area contributed by atoms with E-state index in [1.165, 1.54) is 6.07 Å². The van der Waals surface area contributed by atoms with Crippen LogP contribution in [0.1, 0.15) is 25.0 Å². The lowest BCUT2D eigenvalue weighted by atomic mass is 9.66. The zero-order valence-electron chi connectivity index (χ0n) is 10.5. The molecule has 96 valence electrons. The molecule has 1 aliphatic rings. The van der Waals surface area contributed by atoms with Crippen molar-refractivity contribution in [3.63, 3.8) is 0 Å². The van der Waals surface area contributed by atoms with Gasteiger partial charge in [-0.2, -0.15) is 0 Å². The van der Waals surface area contributed by atoms with Gasteiger partial charge in [-0.3, -0.25) is 9.98 Å². The summed E-state index contributed by atoms with van der Waals surface area (Å²) in [5.41, 5.74) is 0.315. The van der Waals surface area contributed by atoms with Gasteiger partial charge in [0.15, 0.2) is 0 Å². The van der Waals surface area contributed by atoms with Gasteiger partial charge in [-0.1, -0.05) is 6.42 Å². The lowest BCUT2D eigenvalue weighted by molar-refractivity contribution is 0.228. The largest absolute Gasteiger partial charge is 0.354 e. The zero-order chi connectivity index (χ0) is 13.0. The average Bonchev–Trinajstić information content (AvgIpc) is 2.34. The Balaban J connectivity index is 2.17. The molecule has 0 aromatic carbocycles. The van der Waals surface area contributed by atoms with E-state index < -0.39 is 0 Å². The van der Waals surface area contributed by atoms with E-state index in [0.717, 1.165) is 19.3 Å². The van der Waals surface area contributed by atoms with Crippen molar-refractivity contribution in [1.29, 1.82) is 0 Å². The van der Waals surface area contributed by atoms with Gasteiger partial charge < -0.3 is 5.32 Å². The highest BCUT2D eigenvalue weighted by atomic mass is 19.1. The number of hydrogen-bond donors (Lipinski definition) is 1. The predicted molar refractivity (Wildman–Crippen MR) is 70.6 cm³/mol. The molecule has 0 spiro atoms. The molecule has 5 heteroatoms. The summed E-state index contributed by atoms with van der Waals surface area (Å²) in [6.45, 7) is 4.02. The summed E-state index contributed by atoms with van der Waals surface area (Å²) in [5.74, 6) is 0.248. The zero-order valence-corrected chi connectivity index (χ0v) is 10.5. The van der Waals surface area contributed by atoms with Crippen molar-refractivity contribution in [2.75, 3.05) is 13.6 Å². The third-order valence-corrected chi connectivity index (χ3v) is 3.52. The molecule has 2 rings (SSSR count). The van der Waals surface area contributed by atoms with E-state index in [0.29, 0.717) is 18.2 Å². The van der Waals surface area contributed by atoms with Gasteiger partial charge >= 0.3 is 0 Å². The highest BCUT2D eigenvalue weighted by molar-refractivity contribution is 5.83. The minimum atomic E-state index is -0.236. The third kappa shape index (κ3) is 2.25. The SMILES string of the molecule is C=NC(=NC)NCC1(c2ncccc2F)CCC1. The molecule has 1 N–H and O–H groups in total. The van der Waals surface area contributed by atoms with Crippen LogP contribution in [0.25, 0.3) is 0 Å². The molecule has 1 aromatic heterocycles. The quantitative estimate of drug-likeness (QED) is 0.656. The number of aliphatic imine (C=N–C) groups is 2. The number of aromatic nitrogens is 1. The van der Waals surface area contributed by atoms with Crippen molar-refractivity contribution >= 4 is 12.7 Å². The minimum absolute atomic E-state index is 0.230. The lowest BCUT2D eigenvalue weighted by Crippen LogP contribution is -2.46. The minimum Gasteiger partial charge on any atom is -0.354 e. The van der Waals surface area contributed by atoms with E-state index >= 15 is 0 Å². The second-order valence-corrected chi connectivity index (χ2v) is 4.53. The fourth-order valence-corrected chi connectivity index (χ4v) is 2.33. The van der Waals surface area contributed by atoms with Gasteiger partial charge in [-0.15, -0.1) is 0 Å². The Bertz CT molecular complexity index is 466. The van der Waals surface area contributed by atoms with E-state index in [9.17, 15) is 4.39 Å². The Morgan fingerprint density at radius 1 is 1.61 bits per heavy atom. The molecule has 1 aromatic rings. The van der Waals surface area contributed by atoms with Crippen LogP contribution in [0, 0.1) is 5.82 Å². The Morgan fingerprint density at radius 2 is 2.39 bits per heavy atom. The number of rotatable bonds is 3. The summed E-state index contributed by atoms with van der Waals surface area (Å²) in [6.07, 6.45) is 4.60. The molecule has 0 unspecified atom stereocenters. The Morgan fingerprint density at radius 3 is 2.89 bits per heavy atom. The molecule has 1 saturated carbocycles. The molecule has 0 aliphatic heterocycles. The number of guanidine groups is 1. The summed E-state index contributed by atoms with van der Waals surface area (Å²) in [7, 11) is 1.64. The van der Waals surface area contributed by atoms with E-state index in [1.807, 2.05) is 0 Å². The first-order chi connectivity index (χ1) is 8.72. The van der Waals surface area contributed by atoms with Crippen LogP contribution in [0.2, 0.25) is 0 Å². The monoisotopic (exact) mass is 248 g/mol. The van der Waals surface area contributed by atoms with Crippen molar-refractivity contribution < 1.29 is 4.39 Å². The first-order valence-electron chi connectivity index (χ1n) is 6.00. The van der Waals surface area contributed by atoms with Gasteiger partial charge in [-0.25, -0.2) is 9.38 Å². The Kier molecular flexibility index (Phi) is 3.69. The Hall–Kier alpha value is -1.78. The van der Waals surface area contributed by atoms with Gasteiger partial charge in [0, 0.05) is 25.2 Å². The van der Waals surface area contributed by atoms with Crippen LogP contribution in [0.5, 0.6) is 0 Å². The molecule has 0 saturated heterocycles. The average molecular weight is 248 g/mol. The molecule has 4 nitrogen and oxygen atoms in total. The molecular weight excluding hydrogens is 231 g/mol. The van der Waals surface area contributed by atoms with E-state index in [-0.39, 0.29) is 11.2 Å². The second-order valence-electron chi connectivity index (χ2n) is 4.53. The smallest absolute Gasteiger partial charge is 0.217 e. The van der Waals surface area contributed by atoms with Crippen LogP contribution >= 0.6 is 0 Å². The summed E-state index contributed by atoms with van der Waals surface area (Å²) in [4.78, 5) is 11.9. The van der Waals surface area contributed by atoms with Crippen LogP contribution in [-0.2, 0) is 5.41 Å². The van der Waals surface area contributed by atoms with E-state index in [2.05, 4.69) is 27.0 Å². The first kappa shape index (κ1) is 12.7. The molecule has 1 heterocycles. The number of halogens is 1. The predicted octanol–water partition coefficient (Wildman–Crippen LogP) is 1.92. The van der Waals surface area contributed by atoms with Crippen molar-refractivity contribution in [2.45, 2.75) is 24.7 Å². The number of nitrogens with zero attached hydrogens (tertiary/aromatic N) is 3. The van der Waals surface area contributed by atoms with Crippen LogP contribution < -0.4 is 5.32 Å². The van der Waals surface area contributed by atoms with Crippen molar-refractivity contribution in [3.8, 4) is 0 Å². The molecular formula is C13H17FN4. The summed E-state index contributed by atoms with van der Waals surface area (Å²) in [6, 6.07) is 3.08. The van der Waals surface area contributed by atoms with E-state index in [4.69, 9.17) is 0 Å². The van der Waals surface area contributed by atoms with Gasteiger partial charge in [0.1, 0.15) is 5.82 Å². The maximum Gasteiger partial charge on any atom is 0.217 e. The standard InChI is InChI=1S/C13H17FN4/c1-15-12(16-2)18-9-13(6-4-7-13)11-10(14)5-3-8-17-11/h3,5,8H,1,4,6-7,9H2,2H3,(H,16,18). The molecule has 18 heavy (non-hydrogen) atoms. The summed E-state index contributed by atoms with van der Waals surface area (Å²) >= 11 is 0. The van der Waals surface area contributed by atoms with Crippen LogP contribution in [0.15, 0.2) is 28.3 Å². The van der Waals surface area contributed by atoms with Crippen LogP contribution in [0.3, 0.4) is 0 Å². The van der Waals surface area contributed by atoms with Crippen molar-refractivity contribution in [3.05, 3.63) is 29.8 Å². The lowest BCUT2D eigenvalue weighted by Gasteiger charge is -2.41. The van der Waals surface area contributed by atoms with Crippen LogP contribution in [-0.4, -0.2) is 31.3 Å². The Labute approximate surface area is 106 Å². The highest BCUT2D eigenvalue weighted by Gasteiger charge is 2.41. The summed E-state index contributed by atoms with van der Waals surface area (Å²) in [5, 5.41) is 3.10. The third-order valence-electron chi connectivity index (χ3n) is 3.52. The summed E-state index contributed by atoms with van der Waals surface area (Å²) < 4.78 is 13.8. The molecule has 0 radical (unpaired) electrons. The first-order valence-corrected chi connectivity index (χ1v) is 6.00. The molecule has 0 bridgehead atoms. The van der Waals surface area contributed by atoms with Crippen molar-refractivity contribution in [1.82, 2.24) is 10.3 Å². The van der Waals surface area contributed by atoms with E-state index in [1.54, 1.807) is 19.3 Å². The van der Waals surface area contributed by atoms with Gasteiger partial charge in [0.25, 0.3) is 0 Å². The molecule has 1 aliphatic carbocycles. The van der Waals surface area contributed by atoms with Gasteiger partial charge in [0.05, 0.1) is 5.69 Å². The normalized spacial score (nSPS) is 18.0. The molecule has 0 amide bonds. The topological polar surface area (TPSA) is 49.6 Å². The maximum atomic E-state index is 13.8. The van der Waals surface area contributed by atoms with Crippen molar-refractivity contribution in [2.24, 2.45) is 9.98 Å². The molecule has 1 fully saturated rings. The van der Waals surface area contributed by atoms with Crippen LogP contribution in [0.4, 0.5) is 4.39 Å². The second kappa shape index (κ2) is 5.25. The number of pyridine rings is 1. The number of hydrogen-bond acceptors (Lipinski definition) is 2. The number of nitrogens with one attached hydrogen (secondary N) is 1. The van der Waals surface area contributed by atoms with Gasteiger partial charge in [0.2, 0.25) is 5.96 Å². The fraction of sp³-hybridized carbons (Fsp3) is 0.462. The maximum absolute atomic E-state index is 13.8. The highest BCUT2D eigenvalue weighted by Crippen LogP contribution is 2.43.